The summed E-state index contributed by atoms with van der Waals surface area (Å²) in [5.41, 5.74) is -2.71. The minimum Gasteiger partial charge on any atom is -0.458 e. The van der Waals surface area contributed by atoms with Crippen molar-refractivity contribution in [3.05, 3.63) is 0 Å². The number of carbonyl (C=O) groups is 4. The molecule has 13 heteroatoms. The van der Waals surface area contributed by atoms with Gasteiger partial charge < -0.3 is 33.7 Å². The number of aliphatic hydroxyl groups is 1. The molecule has 0 aromatic rings. The highest BCUT2D eigenvalue weighted by molar-refractivity contribution is 6.00. The minimum absolute atomic E-state index is 0.114. The Morgan fingerprint density at radius 1 is 1.05 bits per heavy atom. The number of ketones is 2. The summed E-state index contributed by atoms with van der Waals surface area (Å²) in [6.45, 7) is 13.5. The molecule has 0 aromatic carbocycles. The van der Waals surface area contributed by atoms with Gasteiger partial charge in [-0.2, -0.15) is 0 Å². The number of likely N-dealkylation sites (N-methyl/N-ethyl adjacent to an activating group) is 1. The molecular formula is C31H53N3O10. The topological polar surface area (TPSA) is 167 Å². The number of hydrazine groups is 1. The number of fused-ring (bicyclic) bond motifs is 1. The van der Waals surface area contributed by atoms with Gasteiger partial charge in [0, 0.05) is 30.9 Å². The Labute approximate surface area is 261 Å². The van der Waals surface area contributed by atoms with Crippen molar-refractivity contribution in [1.82, 2.24) is 9.91 Å². The lowest BCUT2D eigenvalue weighted by atomic mass is 9.73. The van der Waals surface area contributed by atoms with Crippen LogP contribution in [-0.2, 0) is 38.1 Å². The fourth-order valence-corrected chi connectivity index (χ4v) is 7.41. The van der Waals surface area contributed by atoms with Crippen LogP contribution in [-0.4, -0.2) is 114 Å². The number of hydrogen-bond donors (Lipinski definition) is 2. The van der Waals surface area contributed by atoms with Crippen molar-refractivity contribution < 1.29 is 48.0 Å². The van der Waals surface area contributed by atoms with Gasteiger partial charge in [-0.05, 0) is 61.1 Å². The number of Topliss-reactive ketones (excluding diaryl/α,β-unsaturated/α-hetero) is 2. The summed E-state index contributed by atoms with van der Waals surface area (Å²) in [6.07, 6.45) is -4.33. The third kappa shape index (κ3) is 6.68. The first kappa shape index (κ1) is 36.3. The molecule has 3 N–H and O–H groups in total. The Morgan fingerprint density at radius 2 is 1.66 bits per heavy atom. The smallest absolute Gasteiger partial charge is 0.425 e. The molecule has 252 valence electrons. The Kier molecular flexibility index (Phi) is 11.3. The largest absolute Gasteiger partial charge is 0.458 e. The number of ether oxygens (including phenoxy) is 5. The van der Waals surface area contributed by atoms with Crippen LogP contribution in [0.3, 0.4) is 0 Å². The predicted molar refractivity (Wildman–Crippen MR) is 159 cm³/mol. The summed E-state index contributed by atoms with van der Waals surface area (Å²) in [5.74, 6) is 1.03. The maximum absolute atomic E-state index is 14.0. The van der Waals surface area contributed by atoms with E-state index in [1.165, 1.54) is 14.0 Å². The number of carbonyl (C=O) groups excluding carboxylic acids is 4. The van der Waals surface area contributed by atoms with E-state index in [1.807, 2.05) is 25.9 Å². The van der Waals surface area contributed by atoms with Gasteiger partial charge in [0.1, 0.15) is 30.0 Å². The van der Waals surface area contributed by atoms with Gasteiger partial charge in [0.2, 0.25) is 0 Å². The number of amides is 1. The maximum Gasteiger partial charge on any atom is 0.425 e. The van der Waals surface area contributed by atoms with Gasteiger partial charge in [0.05, 0.1) is 17.8 Å². The normalized spacial score (nSPS) is 44.7. The number of methoxy groups -OCH3 is 1. The van der Waals surface area contributed by atoms with Crippen molar-refractivity contribution in [3.8, 4) is 0 Å². The first-order chi connectivity index (χ1) is 20.3. The van der Waals surface area contributed by atoms with Gasteiger partial charge in [0.15, 0.2) is 17.7 Å². The van der Waals surface area contributed by atoms with Crippen molar-refractivity contribution in [3.63, 3.8) is 0 Å². The Bertz CT molecular complexity index is 1090. The number of nitrogens with two attached hydrogens (primary N) is 1. The highest BCUT2D eigenvalue weighted by atomic mass is 16.7. The lowest BCUT2D eigenvalue weighted by Gasteiger charge is -2.47. The third-order valence-corrected chi connectivity index (χ3v) is 10.1. The molecule has 0 bridgehead atoms. The lowest BCUT2D eigenvalue weighted by Crippen LogP contribution is -2.60. The number of cyclic esters (lactones) is 1. The second-order valence-corrected chi connectivity index (χ2v) is 13.6. The molecule has 0 spiro atoms. The predicted octanol–water partition coefficient (Wildman–Crippen LogP) is 2.06. The van der Waals surface area contributed by atoms with Crippen LogP contribution in [0.25, 0.3) is 0 Å². The van der Waals surface area contributed by atoms with Gasteiger partial charge in [0.25, 0.3) is 0 Å². The van der Waals surface area contributed by atoms with Crippen LogP contribution in [0, 0.1) is 23.7 Å². The van der Waals surface area contributed by atoms with Crippen LogP contribution < -0.4 is 5.84 Å². The van der Waals surface area contributed by atoms with E-state index in [0.717, 1.165) is 5.01 Å². The molecule has 0 aromatic heterocycles. The highest BCUT2D eigenvalue weighted by Gasteiger charge is 2.60. The molecule has 0 aliphatic carbocycles. The van der Waals surface area contributed by atoms with Gasteiger partial charge in [-0.3, -0.25) is 14.4 Å². The van der Waals surface area contributed by atoms with Crippen LogP contribution in [0.15, 0.2) is 0 Å². The SMILES string of the molecule is CC[C@H]1OC(=O)C(C)C(=O)C(C)C(OC2OC(C)CC(N(C)C)C2O)C(C)(OC)CC(C)C(=O)C(C)C2N(N)C(=O)OC21C. The van der Waals surface area contributed by atoms with Crippen molar-refractivity contribution >= 4 is 23.6 Å². The molecule has 12 unspecified atom stereocenters. The second kappa shape index (κ2) is 13.7. The van der Waals surface area contributed by atoms with Crippen LogP contribution in [0.4, 0.5) is 4.79 Å². The van der Waals surface area contributed by atoms with Crippen LogP contribution in [0.1, 0.15) is 74.7 Å². The first-order valence-electron chi connectivity index (χ1n) is 15.6. The van der Waals surface area contributed by atoms with E-state index in [1.54, 1.807) is 41.5 Å². The maximum atomic E-state index is 14.0. The molecule has 3 aliphatic heterocycles. The number of hydrogen-bond acceptors (Lipinski definition) is 12. The zero-order valence-corrected chi connectivity index (χ0v) is 28.1. The monoisotopic (exact) mass is 627 g/mol. The zero-order valence-electron chi connectivity index (χ0n) is 28.1. The van der Waals surface area contributed by atoms with Gasteiger partial charge >= 0.3 is 12.1 Å². The van der Waals surface area contributed by atoms with E-state index in [4.69, 9.17) is 29.5 Å². The molecule has 0 radical (unpaired) electrons. The fraction of sp³-hybridized carbons (Fsp3) is 0.871. The van der Waals surface area contributed by atoms with Crippen molar-refractivity contribution in [1.29, 1.82) is 0 Å². The number of rotatable bonds is 5. The lowest BCUT2D eigenvalue weighted by molar-refractivity contribution is -0.295. The van der Waals surface area contributed by atoms with Crippen LogP contribution in [0.2, 0.25) is 0 Å². The highest BCUT2D eigenvalue weighted by Crippen LogP contribution is 2.42. The van der Waals surface area contributed by atoms with Gasteiger partial charge in [-0.25, -0.2) is 15.6 Å². The second-order valence-electron chi connectivity index (χ2n) is 13.6. The Hall–Kier alpha value is -2.16. The zero-order chi connectivity index (χ0) is 33.5. The first-order valence-corrected chi connectivity index (χ1v) is 15.6. The van der Waals surface area contributed by atoms with Gasteiger partial charge in [-0.15, -0.1) is 0 Å². The van der Waals surface area contributed by atoms with E-state index in [9.17, 15) is 24.3 Å². The van der Waals surface area contributed by atoms with E-state index in [0.29, 0.717) is 6.42 Å². The number of aliphatic hydroxyl groups excluding tert-OH is 1. The Morgan fingerprint density at radius 3 is 2.20 bits per heavy atom. The fourth-order valence-electron chi connectivity index (χ4n) is 7.41. The molecular weight excluding hydrogens is 574 g/mol. The molecule has 3 heterocycles. The molecule has 1 amide bonds. The summed E-state index contributed by atoms with van der Waals surface area (Å²) in [7, 11) is 5.18. The van der Waals surface area contributed by atoms with E-state index in [2.05, 4.69) is 0 Å². The summed E-state index contributed by atoms with van der Waals surface area (Å²) in [6, 6.07) is -1.22. The summed E-state index contributed by atoms with van der Waals surface area (Å²) >= 11 is 0. The standard InChI is InChI=1S/C31H53N3O10/c1-12-21-31(8)25(34(32)29(39)44-31)17(4)22(35)15(2)14-30(7,40-11)26(18(5)23(36)19(6)27(38)42-21)43-28-24(37)20(33(9)10)13-16(3)41-28/h15-21,24-26,28,37H,12-14,32H2,1-11H3/t15?,16?,17?,18?,19?,20?,21-,24?,25?,26?,28?,30?,31?/m1/s1. The molecule has 3 rings (SSSR count). The molecule has 13 atom stereocenters. The van der Waals surface area contributed by atoms with Crippen molar-refractivity contribution in [2.24, 2.45) is 29.5 Å². The summed E-state index contributed by atoms with van der Waals surface area (Å²) in [5, 5.41) is 12.1. The van der Waals surface area contributed by atoms with Gasteiger partial charge in [-0.1, -0.05) is 27.7 Å². The van der Waals surface area contributed by atoms with E-state index >= 15 is 0 Å². The molecule has 3 fully saturated rings. The van der Waals surface area contributed by atoms with E-state index < -0.39 is 83.4 Å². The van der Waals surface area contributed by atoms with Crippen LogP contribution >= 0.6 is 0 Å². The molecule has 44 heavy (non-hydrogen) atoms. The number of esters is 1. The minimum atomic E-state index is -1.45. The van der Waals surface area contributed by atoms with Crippen molar-refractivity contribution in [2.75, 3.05) is 21.2 Å². The van der Waals surface area contributed by atoms with E-state index in [-0.39, 0.29) is 30.8 Å². The quantitative estimate of drug-likeness (QED) is 0.197. The average molecular weight is 628 g/mol. The molecule has 3 saturated heterocycles. The molecule has 0 saturated carbocycles. The average Bonchev–Trinajstić information content (AvgIpc) is 3.20. The summed E-state index contributed by atoms with van der Waals surface area (Å²) < 4.78 is 30.1. The number of nitrogens with zero attached hydrogens (tertiary/aromatic N) is 2. The summed E-state index contributed by atoms with van der Waals surface area (Å²) in [4.78, 5) is 56.1. The van der Waals surface area contributed by atoms with Crippen LogP contribution in [0.5, 0.6) is 0 Å². The van der Waals surface area contributed by atoms with Crippen molar-refractivity contribution in [2.45, 2.75) is 129 Å². The molecule has 13 nitrogen and oxygen atoms in total. The Balaban J connectivity index is 2.11. The molecule has 3 aliphatic rings. The third-order valence-electron chi connectivity index (χ3n) is 10.1.